The third kappa shape index (κ3) is 4.46. The zero-order valence-electron chi connectivity index (χ0n) is 15.3. The molecule has 2 aromatic carbocycles. The first-order valence-corrected chi connectivity index (χ1v) is 9.90. The first-order chi connectivity index (χ1) is 14.5. The van der Waals surface area contributed by atoms with E-state index in [1.165, 1.54) is 6.33 Å². The van der Waals surface area contributed by atoms with Crippen molar-refractivity contribution in [2.45, 2.75) is 6.42 Å². The number of rotatable bonds is 5. The average molecular weight is 460 g/mol. The lowest BCUT2D eigenvalue weighted by Crippen LogP contribution is -2.14. The van der Waals surface area contributed by atoms with Crippen molar-refractivity contribution >= 4 is 46.6 Å². The van der Waals surface area contributed by atoms with Gasteiger partial charge in [0.15, 0.2) is 0 Å². The molecule has 0 aliphatic carbocycles. The van der Waals surface area contributed by atoms with Crippen LogP contribution in [0, 0.1) is 0 Å². The number of halogens is 3. The predicted molar refractivity (Wildman–Crippen MR) is 117 cm³/mol. The fourth-order valence-electron chi connectivity index (χ4n) is 2.87. The highest BCUT2D eigenvalue weighted by Gasteiger charge is 2.22. The maximum atomic E-state index is 12.7. The molecule has 30 heavy (non-hydrogen) atoms. The Morgan fingerprint density at radius 3 is 2.47 bits per heavy atom. The second-order valence-corrected chi connectivity index (χ2v) is 7.58. The van der Waals surface area contributed by atoms with E-state index in [-0.39, 0.29) is 18.2 Å². The van der Waals surface area contributed by atoms with E-state index in [0.29, 0.717) is 37.6 Å². The van der Waals surface area contributed by atoms with Crippen LogP contribution in [-0.2, 0) is 11.2 Å². The molecular formula is C21H13Cl3N4O2. The van der Waals surface area contributed by atoms with Crippen LogP contribution in [-0.4, -0.2) is 21.0 Å². The van der Waals surface area contributed by atoms with Crippen molar-refractivity contribution in [2.24, 2.45) is 0 Å². The van der Waals surface area contributed by atoms with Crippen LogP contribution in [0.25, 0.3) is 22.5 Å². The minimum absolute atomic E-state index is 0.0379. The van der Waals surface area contributed by atoms with Crippen molar-refractivity contribution in [1.82, 2.24) is 15.1 Å². The summed E-state index contributed by atoms with van der Waals surface area (Å²) in [4.78, 5) is 20.9. The summed E-state index contributed by atoms with van der Waals surface area (Å²) >= 11 is 18.1. The van der Waals surface area contributed by atoms with Gasteiger partial charge in [-0.15, -0.1) is 0 Å². The highest BCUT2D eigenvalue weighted by Crippen LogP contribution is 2.37. The van der Waals surface area contributed by atoms with Gasteiger partial charge in [0.05, 0.1) is 17.7 Å². The molecule has 1 N–H and O–H groups in total. The quantitative estimate of drug-likeness (QED) is 0.399. The molecule has 0 fully saturated rings. The molecule has 0 unspecified atom stereocenters. The van der Waals surface area contributed by atoms with Gasteiger partial charge in [-0.05, 0) is 35.9 Å². The molecule has 0 saturated heterocycles. The monoisotopic (exact) mass is 458 g/mol. The van der Waals surface area contributed by atoms with Gasteiger partial charge in [-0.2, -0.15) is 0 Å². The minimum Gasteiger partial charge on any atom is -0.337 e. The molecule has 4 rings (SSSR count). The third-order valence-corrected chi connectivity index (χ3v) is 5.11. The number of benzene rings is 2. The largest absolute Gasteiger partial charge is 0.337 e. The molecule has 0 aliphatic rings. The Bertz CT molecular complexity index is 1190. The molecule has 0 atom stereocenters. The SMILES string of the molecule is O=C(Cc1ccc(Cl)cc1Cl)Nc1onc(-c2ccc(Cl)cc2)c1-c1ccncn1. The molecule has 0 aliphatic heterocycles. The van der Waals surface area contributed by atoms with Gasteiger partial charge in [0.1, 0.15) is 12.0 Å². The van der Waals surface area contributed by atoms with Crippen LogP contribution >= 0.6 is 34.8 Å². The van der Waals surface area contributed by atoms with E-state index in [0.717, 1.165) is 5.56 Å². The summed E-state index contributed by atoms with van der Waals surface area (Å²) in [5.74, 6) is -0.151. The van der Waals surface area contributed by atoms with E-state index in [1.54, 1.807) is 42.6 Å². The molecule has 0 radical (unpaired) electrons. The molecule has 0 saturated carbocycles. The van der Waals surface area contributed by atoms with Crippen LogP contribution in [0.15, 0.2) is 65.6 Å². The smallest absolute Gasteiger partial charge is 0.241 e. The molecule has 1 amide bonds. The zero-order valence-corrected chi connectivity index (χ0v) is 17.5. The van der Waals surface area contributed by atoms with E-state index >= 15 is 0 Å². The number of amides is 1. The summed E-state index contributed by atoms with van der Waals surface area (Å²) in [5.41, 5.74) is 3.01. The van der Waals surface area contributed by atoms with Gasteiger partial charge in [0.25, 0.3) is 0 Å². The Kier molecular flexibility index (Phi) is 5.99. The molecule has 0 spiro atoms. The van der Waals surface area contributed by atoms with Crippen molar-refractivity contribution in [3.8, 4) is 22.5 Å². The highest BCUT2D eigenvalue weighted by molar-refractivity contribution is 6.35. The first-order valence-electron chi connectivity index (χ1n) is 8.77. The minimum atomic E-state index is -0.326. The lowest BCUT2D eigenvalue weighted by Gasteiger charge is -2.07. The fraction of sp³-hybridized carbons (Fsp3) is 0.0476. The molecule has 2 aromatic heterocycles. The summed E-state index contributed by atoms with van der Waals surface area (Å²) in [5, 5.41) is 8.40. The van der Waals surface area contributed by atoms with Crippen LogP contribution in [0.2, 0.25) is 15.1 Å². The standard InChI is InChI=1S/C21H13Cl3N4O2/c22-14-4-1-12(2-5-14)20-19(17-7-8-25-11-26-17)21(30-28-20)27-18(29)9-13-3-6-15(23)10-16(13)24/h1-8,10-11H,9H2,(H,27,29). The number of aromatic nitrogens is 3. The van der Waals surface area contributed by atoms with Crippen molar-refractivity contribution in [2.75, 3.05) is 5.32 Å². The van der Waals surface area contributed by atoms with Crippen molar-refractivity contribution < 1.29 is 9.32 Å². The Labute approximate surface area is 186 Å². The van der Waals surface area contributed by atoms with Gasteiger partial charge in [-0.3, -0.25) is 10.1 Å². The average Bonchev–Trinajstić information content (AvgIpc) is 3.14. The lowest BCUT2D eigenvalue weighted by atomic mass is 10.0. The fourth-order valence-corrected chi connectivity index (χ4v) is 3.47. The molecule has 2 heterocycles. The summed E-state index contributed by atoms with van der Waals surface area (Å²) in [7, 11) is 0. The Balaban J connectivity index is 1.67. The molecule has 4 aromatic rings. The van der Waals surface area contributed by atoms with Gasteiger partial charge in [-0.25, -0.2) is 9.97 Å². The van der Waals surface area contributed by atoms with Gasteiger partial charge in [0.2, 0.25) is 11.8 Å². The number of nitrogens with one attached hydrogen (secondary N) is 1. The lowest BCUT2D eigenvalue weighted by molar-refractivity contribution is -0.115. The molecular weight excluding hydrogens is 447 g/mol. The van der Waals surface area contributed by atoms with Crippen LogP contribution in [0.3, 0.4) is 0 Å². The van der Waals surface area contributed by atoms with E-state index in [9.17, 15) is 4.79 Å². The number of hydrogen-bond acceptors (Lipinski definition) is 5. The molecule has 6 nitrogen and oxygen atoms in total. The van der Waals surface area contributed by atoms with E-state index in [2.05, 4.69) is 20.4 Å². The van der Waals surface area contributed by atoms with Gasteiger partial charge in [-0.1, -0.05) is 58.2 Å². The third-order valence-electron chi connectivity index (χ3n) is 4.27. The second kappa shape index (κ2) is 8.83. The summed E-state index contributed by atoms with van der Waals surface area (Å²) < 4.78 is 5.46. The summed E-state index contributed by atoms with van der Waals surface area (Å²) in [6.07, 6.45) is 3.04. The topological polar surface area (TPSA) is 80.9 Å². The van der Waals surface area contributed by atoms with Crippen molar-refractivity contribution in [1.29, 1.82) is 0 Å². The Morgan fingerprint density at radius 2 is 1.77 bits per heavy atom. The van der Waals surface area contributed by atoms with Gasteiger partial charge >= 0.3 is 0 Å². The van der Waals surface area contributed by atoms with Crippen molar-refractivity contribution in [3.05, 3.63) is 81.7 Å². The number of carbonyl (C=O) groups is 1. The maximum Gasteiger partial charge on any atom is 0.241 e. The van der Waals surface area contributed by atoms with Crippen LogP contribution in [0.1, 0.15) is 5.56 Å². The van der Waals surface area contributed by atoms with E-state index in [1.807, 2.05) is 12.1 Å². The summed E-state index contributed by atoms with van der Waals surface area (Å²) in [6.45, 7) is 0. The normalized spacial score (nSPS) is 10.8. The van der Waals surface area contributed by atoms with Gasteiger partial charge < -0.3 is 4.52 Å². The summed E-state index contributed by atoms with van der Waals surface area (Å²) in [6, 6.07) is 13.8. The Morgan fingerprint density at radius 1 is 1.00 bits per heavy atom. The molecule has 150 valence electrons. The van der Waals surface area contributed by atoms with Crippen LogP contribution < -0.4 is 5.32 Å². The van der Waals surface area contributed by atoms with E-state index in [4.69, 9.17) is 39.3 Å². The van der Waals surface area contributed by atoms with Crippen molar-refractivity contribution in [3.63, 3.8) is 0 Å². The van der Waals surface area contributed by atoms with E-state index < -0.39 is 0 Å². The predicted octanol–water partition coefficient (Wildman–Crippen LogP) is 5.94. The number of hydrogen-bond donors (Lipinski definition) is 1. The Hall–Kier alpha value is -2.93. The number of anilines is 1. The van der Waals surface area contributed by atoms with Gasteiger partial charge in [0, 0.05) is 26.8 Å². The number of nitrogens with zero attached hydrogens (tertiary/aromatic N) is 3. The zero-order chi connectivity index (χ0) is 21.1. The van der Waals surface area contributed by atoms with Crippen LogP contribution in [0.5, 0.6) is 0 Å². The molecule has 9 heteroatoms. The molecule has 0 bridgehead atoms. The first kappa shape index (κ1) is 20.3. The second-order valence-electron chi connectivity index (χ2n) is 6.30. The van der Waals surface area contributed by atoms with Crippen LogP contribution in [0.4, 0.5) is 5.88 Å². The number of carbonyl (C=O) groups excluding carboxylic acids is 1. The maximum absolute atomic E-state index is 12.7. The highest BCUT2D eigenvalue weighted by atomic mass is 35.5.